The molecule has 1 aliphatic carbocycles. The van der Waals surface area contributed by atoms with Crippen LogP contribution in [0.4, 0.5) is 0 Å². The van der Waals surface area contributed by atoms with E-state index in [-0.39, 0.29) is 6.04 Å². The van der Waals surface area contributed by atoms with Crippen LogP contribution in [0.25, 0.3) is 0 Å². The molecule has 2 nitrogen and oxygen atoms in total. The fraction of sp³-hybridized carbons (Fsp3) is 0.455. The van der Waals surface area contributed by atoms with Gasteiger partial charge >= 0.3 is 0 Å². The van der Waals surface area contributed by atoms with Gasteiger partial charge in [-0.15, -0.1) is 0 Å². The van der Waals surface area contributed by atoms with Crippen molar-refractivity contribution in [3.63, 3.8) is 0 Å². The Labute approximate surface area is 98.0 Å². The Morgan fingerprint density at radius 3 is 3.00 bits per heavy atom. The standard InChI is InChI=1S/C11H14INO/c1-14-11-8-3-2-4-10(13)7(8)5-6-9(11)12/h5-6,10H,2-4,13H2,1H3. The van der Waals surface area contributed by atoms with Crippen molar-refractivity contribution < 1.29 is 4.74 Å². The molecule has 1 aromatic rings. The summed E-state index contributed by atoms with van der Waals surface area (Å²) in [6.07, 6.45) is 3.37. The van der Waals surface area contributed by atoms with Crippen LogP contribution >= 0.6 is 22.6 Å². The second-order valence-corrected chi connectivity index (χ2v) is 4.81. The molecule has 1 atom stereocenters. The molecule has 0 saturated heterocycles. The Balaban J connectivity index is 2.55. The van der Waals surface area contributed by atoms with Gasteiger partial charge in [0, 0.05) is 6.04 Å². The second-order valence-electron chi connectivity index (χ2n) is 3.65. The third-order valence-electron chi connectivity index (χ3n) is 2.79. The lowest BCUT2D eigenvalue weighted by Gasteiger charge is -2.24. The third-order valence-corrected chi connectivity index (χ3v) is 3.64. The molecular formula is C11H14INO. The van der Waals surface area contributed by atoms with Gasteiger partial charge in [-0.05, 0) is 59.0 Å². The molecule has 14 heavy (non-hydrogen) atoms. The third kappa shape index (κ3) is 1.63. The van der Waals surface area contributed by atoms with Crippen LogP contribution in [0.15, 0.2) is 12.1 Å². The first-order chi connectivity index (χ1) is 6.74. The number of halogens is 1. The minimum Gasteiger partial charge on any atom is -0.495 e. The van der Waals surface area contributed by atoms with Gasteiger partial charge in [0.05, 0.1) is 10.7 Å². The Morgan fingerprint density at radius 1 is 1.50 bits per heavy atom. The van der Waals surface area contributed by atoms with Crippen LogP contribution in [0.2, 0.25) is 0 Å². The molecule has 0 fully saturated rings. The van der Waals surface area contributed by atoms with Crippen molar-refractivity contribution in [2.45, 2.75) is 25.3 Å². The molecule has 0 amide bonds. The summed E-state index contributed by atoms with van der Waals surface area (Å²) in [4.78, 5) is 0. The van der Waals surface area contributed by atoms with Crippen molar-refractivity contribution in [1.82, 2.24) is 0 Å². The van der Waals surface area contributed by atoms with Crippen molar-refractivity contribution in [1.29, 1.82) is 0 Å². The van der Waals surface area contributed by atoms with Crippen molar-refractivity contribution >= 4 is 22.6 Å². The highest BCUT2D eigenvalue weighted by Crippen LogP contribution is 2.36. The van der Waals surface area contributed by atoms with Crippen molar-refractivity contribution in [2.24, 2.45) is 5.73 Å². The minimum atomic E-state index is 0.199. The molecular weight excluding hydrogens is 289 g/mol. The van der Waals surface area contributed by atoms with Gasteiger partial charge in [0.1, 0.15) is 5.75 Å². The zero-order valence-corrected chi connectivity index (χ0v) is 10.4. The van der Waals surface area contributed by atoms with Gasteiger partial charge in [-0.2, -0.15) is 0 Å². The van der Waals surface area contributed by atoms with E-state index in [4.69, 9.17) is 10.5 Å². The first-order valence-corrected chi connectivity index (χ1v) is 5.92. The van der Waals surface area contributed by atoms with Gasteiger partial charge in [-0.25, -0.2) is 0 Å². The highest BCUT2D eigenvalue weighted by Gasteiger charge is 2.21. The Kier molecular flexibility index (Phi) is 2.97. The normalized spacial score (nSPS) is 20.4. The number of methoxy groups -OCH3 is 1. The predicted molar refractivity (Wildman–Crippen MR) is 65.6 cm³/mol. The van der Waals surface area contributed by atoms with Crippen LogP contribution < -0.4 is 10.5 Å². The van der Waals surface area contributed by atoms with Crippen LogP contribution in [-0.2, 0) is 6.42 Å². The summed E-state index contributed by atoms with van der Waals surface area (Å²) in [6, 6.07) is 4.43. The Bertz CT molecular complexity index is 351. The number of nitrogens with two attached hydrogens (primary N) is 1. The first kappa shape index (κ1) is 10.2. The molecule has 0 spiro atoms. The van der Waals surface area contributed by atoms with Crippen molar-refractivity contribution in [3.8, 4) is 5.75 Å². The Hall–Kier alpha value is -0.290. The predicted octanol–water partition coefficient (Wildman–Crippen LogP) is 2.64. The average Bonchev–Trinajstić information content (AvgIpc) is 2.18. The molecule has 0 heterocycles. The monoisotopic (exact) mass is 303 g/mol. The summed E-state index contributed by atoms with van der Waals surface area (Å²) in [5.41, 5.74) is 8.65. The summed E-state index contributed by atoms with van der Waals surface area (Å²) in [5, 5.41) is 0. The fourth-order valence-corrected chi connectivity index (χ4v) is 2.82. The molecule has 1 aliphatic rings. The number of hydrogen-bond acceptors (Lipinski definition) is 2. The zero-order chi connectivity index (χ0) is 10.1. The van der Waals surface area contributed by atoms with E-state index < -0.39 is 0 Å². The van der Waals surface area contributed by atoms with Gasteiger partial charge in [0.2, 0.25) is 0 Å². The van der Waals surface area contributed by atoms with Crippen LogP contribution in [0.1, 0.15) is 30.0 Å². The maximum atomic E-state index is 6.06. The van der Waals surface area contributed by atoms with E-state index in [0.29, 0.717) is 0 Å². The van der Waals surface area contributed by atoms with Crippen LogP contribution in [-0.4, -0.2) is 7.11 Å². The summed E-state index contributed by atoms with van der Waals surface area (Å²) < 4.78 is 6.61. The molecule has 1 unspecified atom stereocenters. The van der Waals surface area contributed by atoms with E-state index >= 15 is 0 Å². The highest BCUT2D eigenvalue weighted by atomic mass is 127. The van der Waals surface area contributed by atoms with Gasteiger partial charge in [0.25, 0.3) is 0 Å². The van der Waals surface area contributed by atoms with E-state index in [1.807, 2.05) is 0 Å². The lowest BCUT2D eigenvalue weighted by atomic mass is 9.88. The lowest BCUT2D eigenvalue weighted by molar-refractivity contribution is 0.400. The summed E-state index contributed by atoms with van der Waals surface area (Å²) in [5.74, 6) is 1.03. The molecule has 76 valence electrons. The molecule has 0 bridgehead atoms. The molecule has 2 rings (SSSR count). The number of hydrogen-bond donors (Lipinski definition) is 1. The zero-order valence-electron chi connectivity index (χ0n) is 8.22. The highest BCUT2D eigenvalue weighted by molar-refractivity contribution is 14.1. The second kappa shape index (κ2) is 4.06. The van der Waals surface area contributed by atoms with Gasteiger partial charge in [-0.3, -0.25) is 0 Å². The van der Waals surface area contributed by atoms with E-state index in [1.165, 1.54) is 21.1 Å². The molecule has 0 saturated carbocycles. The lowest BCUT2D eigenvalue weighted by Crippen LogP contribution is -2.18. The Morgan fingerprint density at radius 2 is 2.29 bits per heavy atom. The molecule has 0 aromatic heterocycles. The maximum Gasteiger partial charge on any atom is 0.135 e. The quantitative estimate of drug-likeness (QED) is 0.810. The SMILES string of the molecule is COc1c(I)ccc2c1CCCC2N. The number of fused-ring (bicyclic) bond motifs is 1. The molecule has 3 heteroatoms. The first-order valence-electron chi connectivity index (χ1n) is 4.85. The molecule has 0 aliphatic heterocycles. The van der Waals surface area contributed by atoms with Crippen molar-refractivity contribution in [2.75, 3.05) is 7.11 Å². The van der Waals surface area contributed by atoms with Gasteiger partial charge in [-0.1, -0.05) is 6.07 Å². The number of benzene rings is 1. The average molecular weight is 303 g/mol. The van der Waals surface area contributed by atoms with Gasteiger partial charge < -0.3 is 10.5 Å². The van der Waals surface area contributed by atoms with E-state index in [2.05, 4.69) is 34.7 Å². The molecule has 1 aromatic carbocycles. The topological polar surface area (TPSA) is 35.2 Å². The van der Waals surface area contributed by atoms with E-state index in [0.717, 1.165) is 18.6 Å². The number of ether oxygens (including phenoxy) is 1. The molecule has 0 radical (unpaired) electrons. The molecule has 2 N–H and O–H groups in total. The van der Waals surface area contributed by atoms with Crippen LogP contribution in [0.5, 0.6) is 5.75 Å². The summed E-state index contributed by atoms with van der Waals surface area (Å²) in [6.45, 7) is 0. The van der Waals surface area contributed by atoms with Crippen molar-refractivity contribution in [3.05, 3.63) is 26.8 Å². The summed E-state index contributed by atoms with van der Waals surface area (Å²) in [7, 11) is 1.73. The minimum absolute atomic E-state index is 0.199. The largest absolute Gasteiger partial charge is 0.495 e. The van der Waals surface area contributed by atoms with E-state index in [1.54, 1.807) is 7.11 Å². The number of rotatable bonds is 1. The van der Waals surface area contributed by atoms with Crippen LogP contribution in [0, 0.1) is 3.57 Å². The van der Waals surface area contributed by atoms with Crippen LogP contribution in [0.3, 0.4) is 0 Å². The maximum absolute atomic E-state index is 6.06. The smallest absolute Gasteiger partial charge is 0.135 e. The van der Waals surface area contributed by atoms with Gasteiger partial charge in [0.15, 0.2) is 0 Å². The summed E-state index contributed by atoms with van der Waals surface area (Å²) >= 11 is 2.31. The fourth-order valence-electron chi connectivity index (χ4n) is 2.09. The van der Waals surface area contributed by atoms with E-state index in [9.17, 15) is 0 Å².